The summed E-state index contributed by atoms with van der Waals surface area (Å²) in [7, 11) is 0. The number of nitro groups is 1. The molecule has 0 heterocycles. The summed E-state index contributed by atoms with van der Waals surface area (Å²) in [5.74, 6) is 0.408. The van der Waals surface area contributed by atoms with Gasteiger partial charge in [-0.3, -0.25) is 10.1 Å². The first-order valence-electron chi connectivity index (χ1n) is 5.47. The fourth-order valence-corrected chi connectivity index (χ4v) is 1.78. The Kier molecular flexibility index (Phi) is 3.87. The first kappa shape index (κ1) is 13.2. The number of halogens is 1. The van der Waals surface area contributed by atoms with Crippen LogP contribution in [-0.2, 0) is 6.61 Å². The normalized spacial score (nSPS) is 10.2. The van der Waals surface area contributed by atoms with Crippen LogP contribution in [0.5, 0.6) is 5.75 Å². The molecule has 2 rings (SSSR count). The van der Waals surface area contributed by atoms with Crippen LogP contribution in [0.15, 0.2) is 42.5 Å². The molecule has 19 heavy (non-hydrogen) atoms. The first-order valence-corrected chi connectivity index (χ1v) is 5.85. The molecule has 0 aliphatic rings. The Morgan fingerprint density at radius 1 is 1.26 bits per heavy atom. The van der Waals surface area contributed by atoms with Crippen LogP contribution < -0.4 is 10.5 Å². The van der Waals surface area contributed by atoms with Crippen molar-refractivity contribution >= 4 is 23.0 Å². The van der Waals surface area contributed by atoms with E-state index in [1.165, 1.54) is 18.2 Å². The zero-order valence-electron chi connectivity index (χ0n) is 9.88. The maximum atomic E-state index is 10.6. The molecule has 98 valence electrons. The van der Waals surface area contributed by atoms with E-state index < -0.39 is 4.92 Å². The minimum Gasteiger partial charge on any atom is -0.487 e. The van der Waals surface area contributed by atoms with Crippen molar-refractivity contribution in [2.75, 3.05) is 5.73 Å². The Morgan fingerprint density at radius 3 is 2.68 bits per heavy atom. The zero-order chi connectivity index (χ0) is 13.8. The van der Waals surface area contributed by atoms with Crippen molar-refractivity contribution in [1.82, 2.24) is 0 Å². The van der Waals surface area contributed by atoms with E-state index in [9.17, 15) is 10.1 Å². The van der Waals surface area contributed by atoms with Gasteiger partial charge in [-0.25, -0.2) is 0 Å². The standard InChI is InChI=1S/C13H11ClN2O3/c14-10-3-1-2-9(6-10)8-19-13-5-4-11(16(17)18)7-12(13)15/h1-7H,8,15H2. The molecule has 0 aliphatic carbocycles. The molecule has 6 heteroatoms. The molecule has 0 spiro atoms. The van der Waals surface area contributed by atoms with Crippen molar-refractivity contribution in [3.05, 3.63) is 63.2 Å². The number of hydrogen-bond acceptors (Lipinski definition) is 4. The molecule has 0 radical (unpaired) electrons. The molecule has 0 unspecified atom stereocenters. The van der Waals surface area contributed by atoms with Crippen molar-refractivity contribution in [3.63, 3.8) is 0 Å². The first-order chi connectivity index (χ1) is 9.06. The lowest BCUT2D eigenvalue weighted by Crippen LogP contribution is -1.99. The van der Waals surface area contributed by atoms with Gasteiger partial charge in [0.15, 0.2) is 0 Å². The van der Waals surface area contributed by atoms with E-state index in [2.05, 4.69) is 0 Å². The molecule has 2 aromatic rings. The van der Waals surface area contributed by atoms with E-state index >= 15 is 0 Å². The quantitative estimate of drug-likeness (QED) is 0.528. The maximum absolute atomic E-state index is 10.6. The van der Waals surface area contributed by atoms with Crippen LogP contribution in [0, 0.1) is 10.1 Å². The summed E-state index contributed by atoms with van der Waals surface area (Å²) in [5, 5.41) is 11.2. The van der Waals surface area contributed by atoms with Crippen LogP contribution in [0.1, 0.15) is 5.56 Å². The molecule has 2 aromatic carbocycles. The highest BCUT2D eigenvalue weighted by Crippen LogP contribution is 2.27. The van der Waals surface area contributed by atoms with Gasteiger partial charge in [0, 0.05) is 17.2 Å². The highest BCUT2D eigenvalue weighted by atomic mass is 35.5. The van der Waals surface area contributed by atoms with Crippen LogP contribution in [0.4, 0.5) is 11.4 Å². The molecule has 0 amide bonds. The fraction of sp³-hybridized carbons (Fsp3) is 0.0769. The van der Waals surface area contributed by atoms with Crippen molar-refractivity contribution in [2.24, 2.45) is 0 Å². The third kappa shape index (κ3) is 3.35. The van der Waals surface area contributed by atoms with E-state index in [0.717, 1.165) is 5.56 Å². The monoisotopic (exact) mass is 278 g/mol. The van der Waals surface area contributed by atoms with Gasteiger partial charge < -0.3 is 10.5 Å². The number of nitrogens with zero attached hydrogens (tertiary/aromatic N) is 1. The number of anilines is 1. The Labute approximate surface area is 114 Å². The van der Waals surface area contributed by atoms with Crippen molar-refractivity contribution in [1.29, 1.82) is 0 Å². The Bertz CT molecular complexity index is 617. The minimum atomic E-state index is -0.503. The van der Waals surface area contributed by atoms with Crippen LogP contribution in [0.3, 0.4) is 0 Å². The average Bonchev–Trinajstić information content (AvgIpc) is 2.37. The lowest BCUT2D eigenvalue weighted by molar-refractivity contribution is -0.384. The van der Waals surface area contributed by atoms with E-state index in [-0.39, 0.29) is 11.4 Å². The van der Waals surface area contributed by atoms with E-state index in [1.807, 2.05) is 12.1 Å². The van der Waals surface area contributed by atoms with Crippen molar-refractivity contribution < 1.29 is 9.66 Å². The van der Waals surface area contributed by atoms with Gasteiger partial charge in [0.1, 0.15) is 12.4 Å². The predicted molar refractivity (Wildman–Crippen MR) is 73.3 cm³/mol. The Balaban J connectivity index is 2.10. The summed E-state index contributed by atoms with van der Waals surface area (Å²) in [6.45, 7) is 0.294. The number of nitro benzene ring substituents is 1. The zero-order valence-corrected chi connectivity index (χ0v) is 10.6. The number of ether oxygens (including phenoxy) is 1. The number of nitrogens with two attached hydrogens (primary N) is 1. The summed E-state index contributed by atoms with van der Waals surface area (Å²) in [6.07, 6.45) is 0. The van der Waals surface area contributed by atoms with Crippen molar-refractivity contribution in [3.8, 4) is 5.75 Å². The maximum Gasteiger partial charge on any atom is 0.271 e. The van der Waals surface area contributed by atoms with Crippen molar-refractivity contribution in [2.45, 2.75) is 6.61 Å². The second kappa shape index (κ2) is 5.58. The lowest BCUT2D eigenvalue weighted by atomic mass is 10.2. The molecular formula is C13H11ClN2O3. The molecular weight excluding hydrogens is 268 g/mol. The van der Waals surface area contributed by atoms with Gasteiger partial charge in [-0.15, -0.1) is 0 Å². The summed E-state index contributed by atoms with van der Waals surface area (Å²) < 4.78 is 5.51. The highest BCUT2D eigenvalue weighted by Gasteiger charge is 2.09. The number of hydrogen-bond donors (Lipinski definition) is 1. The van der Waals surface area contributed by atoms with E-state index in [0.29, 0.717) is 17.4 Å². The molecule has 0 atom stereocenters. The second-order valence-corrected chi connectivity index (χ2v) is 4.33. The third-order valence-corrected chi connectivity index (χ3v) is 2.72. The predicted octanol–water partition coefficient (Wildman–Crippen LogP) is 3.41. The van der Waals surface area contributed by atoms with Gasteiger partial charge in [0.25, 0.3) is 5.69 Å². The highest BCUT2D eigenvalue weighted by molar-refractivity contribution is 6.30. The third-order valence-electron chi connectivity index (χ3n) is 2.49. The molecule has 0 fully saturated rings. The number of nitrogen functional groups attached to an aromatic ring is 1. The smallest absolute Gasteiger partial charge is 0.271 e. The van der Waals surface area contributed by atoms with Crippen LogP contribution in [-0.4, -0.2) is 4.92 Å². The minimum absolute atomic E-state index is 0.0624. The summed E-state index contributed by atoms with van der Waals surface area (Å²) in [6, 6.07) is 11.3. The topological polar surface area (TPSA) is 78.4 Å². The van der Waals surface area contributed by atoms with Gasteiger partial charge >= 0.3 is 0 Å². The average molecular weight is 279 g/mol. The van der Waals surface area contributed by atoms with Crippen LogP contribution in [0.2, 0.25) is 5.02 Å². The van der Waals surface area contributed by atoms with E-state index in [1.54, 1.807) is 12.1 Å². The number of non-ortho nitro benzene ring substituents is 1. The molecule has 0 aromatic heterocycles. The Hall–Kier alpha value is -2.27. The van der Waals surface area contributed by atoms with Gasteiger partial charge in [-0.2, -0.15) is 0 Å². The summed E-state index contributed by atoms with van der Waals surface area (Å²) in [4.78, 5) is 10.1. The van der Waals surface area contributed by atoms with Crippen LogP contribution in [0.25, 0.3) is 0 Å². The number of rotatable bonds is 4. The molecule has 2 N–H and O–H groups in total. The fourth-order valence-electron chi connectivity index (χ4n) is 1.57. The molecule has 0 aliphatic heterocycles. The number of benzene rings is 2. The van der Waals surface area contributed by atoms with Gasteiger partial charge in [-0.05, 0) is 23.8 Å². The molecule has 5 nitrogen and oxygen atoms in total. The molecule has 0 saturated heterocycles. The summed E-state index contributed by atoms with van der Waals surface area (Å²) in [5.41, 5.74) is 6.76. The van der Waals surface area contributed by atoms with Gasteiger partial charge in [0.05, 0.1) is 10.6 Å². The largest absolute Gasteiger partial charge is 0.487 e. The Morgan fingerprint density at radius 2 is 2.05 bits per heavy atom. The lowest BCUT2D eigenvalue weighted by Gasteiger charge is -2.08. The van der Waals surface area contributed by atoms with Crippen LogP contribution >= 0.6 is 11.6 Å². The van der Waals surface area contributed by atoms with Gasteiger partial charge in [-0.1, -0.05) is 23.7 Å². The SMILES string of the molecule is Nc1cc([N+](=O)[O-])ccc1OCc1cccc(Cl)c1. The van der Waals surface area contributed by atoms with Gasteiger partial charge in [0.2, 0.25) is 0 Å². The molecule has 0 bridgehead atoms. The molecule has 0 saturated carbocycles. The van der Waals surface area contributed by atoms with E-state index in [4.69, 9.17) is 22.1 Å². The second-order valence-electron chi connectivity index (χ2n) is 3.90. The summed E-state index contributed by atoms with van der Waals surface area (Å²) >= 11 is 5.86.